The van der Waals surface area contributed by atoms with Gasteiger partial charge >= 0.3 is 5.97 Å². The molecule has 2 aliphatic rings. The number of aliphatic imine (C=N–C) groups is 1. The number of para-hydroxylation sites is 1. The summed E-state index contributed by atoms with van der Waals surface area (Å²) < 4.78 is 3.95. The third-order valence-electron chi connectivity index (χ3n) is 3.06. The second-order valence-electron chi connectivity index (χ2n) is 4.56. The van der Waals surface area contributed by atoms with Crippen LogP contribution in [-0.4, -0.2) is 27.9 Å². The lowest BCUT2D eigenvalue weighted by Gasteiger charge is -2.10. The highest BCUT2D eigenvalue weighted by Gasteiger charge is 2.59. The molecular weight excluding hydrogens is 264 g/mol. The first-order valence-corrected chi connectivity index (χ1v) is 6.77. The van der Waals surface area contributed by atoms with Gasteiger partial charge in [-0.15, -0.1) is 0 Å². The molecule has 1 aromatic carbocycles. The van der Waals surface area contributed by atoms with Gasteiger partial charge in [0.1, 0.15) is 6.10 Å². The van der Waals surface area contributed by atoms with Crippen LogP contribution in [0, 0.1) is 0 Å². The largest absolute Gasteiger partial charge is 0.461 e. The minimum Gasteiger partial charge on any atom is -0.461 e. The highest BCUT2D eigenvalue weighted by molar-refractivity contribution is 8.17. The van der Waals surface area contributed by atoms with Gasteiger partial charge in [-0.3, -0.25) is 4.79 Å². The summed E-state index contributed by atoms with van der Waals surface area (Å²) in [6.45, 7) is 1.78. The summed E-state index contributed by atoms with van der Waals surface area (Å²) >= 11 is 1.15. The molecule has 1 N–H and O–H groups in total. The molecule has 6 heteroatoms. The van der Waals surface area contributed by atoms with Gasteiger partial charge in [0.25, 0.3) is 5.91 Å². The van der Waals surface area contributed by atoms with Crippen molar-refractivity contribution in [2.24, 2.45) is 4.99 Å². The zero-order valence-electron chi connectivity index (χ0n) is 10.3. The fourth-order valence-corrected chi connectivity index (χ4v) is 3.40. The molecule has 5 nitrogen and oxygen atoms in total. The van der Waals surface area contributed by atoms with Crippen molar-refractivity contribution in [3.8, 4) is 0 Å². The molecule has 1 aromatic rings. The molecule has 19 heavy (non-hydrogen) atoms. The van der Waals surface area contributed by atoms with Crippen LogP contribution in [0.1, 0.15) is 13.3 Å². The highest BCUT2D eigenvalue weighted by Crippen LogP contribution is 2.42. The van der Waals surface area contributed by atoms with E-state index in [1.165, 1.54) is 0 Å². The van der Waals surface area contributed by atoms with Crippen LogP contribution in [0.3, 0.4) is 0 Å². The van der Waals surface area contributed by atoms with Crippen molar-refractivity contribution < 1.29 is 14.3 Å². The fraction of sp³-hybridized carbons (Fsp3) is 0.308. The number of ether oxygens (including phenoxy) is 1. The van der Waals surface area contributed by atoms with E-state index >= 15 is 0 Å². The number of cyclic esters (lactones) is 1. The number of hydrogen-bond donors (Lipinski definition) is 1. The number of rotatable bonds is 1. The van der Waals surface area contributed by atoms with Crippen LogP contribution in [0.5, 0.6) is 0 Å². The number of nitrogens with zero attached hydrogens (tertiary/aromatic N) is 1. The number of carbonyl (C=O) groups excluding carboxylic acids is 2. The maximum atomic E-state index is 12.0. The third-order valence-corrected chi connectivity index (χ3v) is 4.31. The Labute approximate surface area is 114 Å². The molecule has 0 radical (unpaired) electrons. The van der Waals surface area contributed by atoms with E-state index in [1.807, 2.05) is 30.3 Å². The van der Waals surface area contributed by atoms with Gasteiger partial charge in [-0.25, -0.2) is 9.79 Å². The number of carbonyl (C=O) groups is 2. The predicted octanol–water partition coefficient (Wildman–Crippen LogP) is 1.61. The number of amides is 1. The third kappa shape index (κ3) is 2.02. The predicted molar refractivity (Wildman–Crippen MR) is 72.2 cm³/mol. The van der Waals surface area contributed by atoms with Crippen LogP contribution in [0.25, 0.3) is 0 Å². The lowest BCUT2D eigenvalue weighted by Crippen LogP contribution is -2.40. The number of esters is 1. The Hall–Kier alpha value is -1.82. The number of nitrogens with one attached hydrogen (secondary N) is 1. The minimum absolute atomic E-state index is 0.234. The minimum atomic E-state index is -1.15. The van der Waals surface area contributed by atoms with Crippen molar-refractivity contribution >= 4 is 34.5 Å². The van der Waals surface area contributed by atoms with E-state index in [1.54, 1.807) is 6.92 Å². The van der Waals surface area contributed by atoms with E-state index in [2.05, 4.69) is 10.3 Å². The Morgan fingerprint density at radius 3 is 2.74 bits per heavy atom. The van der Waals surface area contributed by atoms with Gasteiger partial charge in [-0.2, -0.15) is 0 Å². The van der Waals surface area contributed by atoms with Gasteiger partial charge in [-0.1, -0.05) is 30.0 Å². The Kier molecular flexibility index (Phi) is 2.82. The first kappa shape index (κ1) is 12.2. The fourth-order valence-electron chi connectivity index (χ4n) is 2.18. The average Bonchev–Trinajstić information content (AvgIpc) is 2.82. The van der Waals surface area contributed by atoms with Crippen molar-refractivity contribution in [3.63, 3.8) is 0 Å². The van der Waals surface area contributed by atoms with Crippen LogP contribution in [0.15, 0.2) is 35.3 Å². The van der Waals surface area contributed by atoms with Crippen LogP contribution in [0.4, 0.5) is 5.69 Å². The highest BCUT2D eigenvalue weighted by atomic mass is 32.2. The summed E-state index contributed by atoms with van der Waals surface area (Å²) in [5, 5.41) is 3.11. The first-order valence-electron chi connectivity index (χ1n) is 5.95. The summed E-state index contributed by atoms with van der Waals surface area (Å²) in [4.78, 5) is 28.2. The van der Waals surface area contributed by atoms with E-state index in [4.69, 9.17) is 4.74 Å². The van der Waals surface area contributed by atoms with Crippen molar-refractivity contribution in [2.75, 3.05) is 0 Å². The molecule has 0 bridgehead atoms. The van der Waals surface area contributed by atoms with Gasteiger partial charge in [0.2, 0.25) is 4.75 Å². The molecule has 2 atom stereocenters. The number of amidine groups is 1. The first-order chi connectivity index (χ1) is 9.10. The molecule has 1 spiro atoms. The molecule has 2 fully saturated rings. The molecule has 2 heterocycles. The molecule has 0 saturated carbocycles. The lowest BCUT2D eigenvalue weighted by molar-refractivity contribution is -0.144. The molecule has 0 aromatic heterocycles. The number of hydrogen-bond acceptors (Lipinski definition) is 5. The van der Waals surface area contributed by atoms with Gasteiger partial charge in [0.05, 0.1) is 5.69 Å². The van der Waals surface area contributed by atoms with Crippen molar-refractivity contribution in [1.29, 1.82) is 0 Å². The van der Waals surface area contributed by atoms with Crippen LogP contribution >= 0.6 is 11.8 Å². The van der Waals surface area contributed by atoms with Crippen molar-refractivity contribution in [3.05, 3.63) is 30.3 Å². The molecule has 2 saturated heterocycles. The maximum absolute atomic E-state index is 12.0. The quantitative estimate of drug-likeness (QED) is 0.625. The molecule has 1 amide bonds. The Morgan fingerprint density at radius 1 is 1.37 bits per heavy atom. The molecular formula is C13H12N2O3S. The van der Waals surface area contributed by atoms with Crippen LogP contribution < -0.4 is 5.32 Å². The van der Waals surface area contributed by atoms with Gasteiger partial charge in [0, 0.05) is 6.42 Å². The zero-order valence-corrected chi connectivity index (χ0v) is 11.1. The van der Waals surface area contributed by atoms with E-state index in [9.17, 15) is 9.59 Å². The summed E-state index contributed by atoms with van der Waals surface area (Å²) in [5.41, 5.74) is 0.738. The van der Waals surface area contributed by atoms with E-state index < -0.39 is 10.7 Å². The molecule has 0 aliphatic carbocycles. The summed E-state index contributed by atoms with van der Waals surface area (Å²) in [6, 6.07) is 9.28. The monoisotopic (exact) mass is 276 g/mol. The Bertz CT molecular complexity index is 573. The SMILES string of the molecule is CC1CC2(SC(=Nc3ccccc3)NC2=O)C(=O)O1. The van der Waals surface area contributed by atoms with E-state index in [0.29, 0.717) is 11.6 Å². The normalized spacial score (nSPS) is 31.8. The molecule has 3 rings (SSSR count). The Morgan fingerprint density at radius 2 is 2.11 bits per heavy atom. The zero-order chi connectivity index (χ0) is 13.5. The van der Waals surface area contributed by atoms with Crippen molar-refractivity contribution in [1.82, 2.24) is 5.32 Å². The summed E-state index contributed by atoms with van der Waals surface area (Å²) in [6.07, 6.45) is 0.151. The molecule has 2 unspecified atom stereocenters. The van der Waals surface area contributed by atoms with Gasteiger partial charge < -0.3 is 10.1 Å². The smallest absolute Gasteiger partial charge is 0.332 e. The summed E-state index contributed by atoms with van der Waals surface area (Å²) in [7, 11) is 0. The van der Waals surface area contributed by atoms with Gasteiger partial charge in [-0.05, 0) is 19.1 Å². The lowest BCUT2D eigenvalue weighted by atomic mass is 10.0. The van der Waals surface area contributed by atoms with E-state index in [-0.39, 0.29) is 12.0 Å². The average molecular weight is 276 g/mol. The summed E-state index contributed by atoms with van der Waals surface area (Å²) in [5.74, 6) is -0.803. The van der Waals surface area contributed by atoms with Gasteiger partial charge in [0.15, 0.2) is 5.17 Å². The Balaban J connectivity index is 1.89. The second-order valence-corrected chi connectivity index (χ2v) is 5.84. The van der Waals surface area contributed by atoms with E-state index in [0.717, 1.165) is 17.4 Å². The standard InChI is InChI=1S/C13H12N2O3S/c1-8-7-13(11(17)18-8)10(16)15-12(19-13)14-9-5-3-2-4-6-9/h2-6,8H,7H2,1H3,(H,14,15,16). The van der Waals surface area contributed by atoms with Crippen LogP contribution in [-0.2, 0) is 14.3 Å². The molecule has 2 aliphatic heterocycles. The molecule has 98 valence electrons. The topological polar surface area (TPSA) is 67.8 Å². The number of benzene rings is 1. The second kappa shape index (κ2) is 4.38. The maximum Gasteiger partial charge on any atom is 0.332 e. The van der Waals surface area contributed by atoms with Crippen LogP contribution in [0.2, 0.25) is 0 Å². The number of thioether (sulfide) groups is 1. The van der Waals surface area contributed by atoms with Crippen molar-refractivity contribution in [2.45, 2.75) is 24.2 Å².